The minimum Gasteiger partial charge on any atom is -0.466 e. The van der Waals surface area contributed by atoms with Crippen LogP contribution in [0.2, 0.25) is 0 Å². The fourth-order valence-corrected chi connectivity index (χ4v) is 2.21. The Morgan fingerprint density at radius 3 is 1.73 bits per heavy atom. The number of aldehydes is 1. The van der Waals surface area contributed by atoms with Gasteiger partial charge in [0.25, 0.3) is 0 Å². The number of hydrogen-bond acceptors (Lipinski definition) is 9. The van der Waals surface area contributed by atoms with Crippen LogP contribution in [0.5, 0.6) is 0 Å². The molecule has 0 aromatic heterocycles. The lowest BCUT2D eigenvalue weighted by atomic mass is 10.3. The van der Waals surface area contributed by atoms with Gasteiger partial charge in [0.2, 0.25) is 0 Å². The van der Waals surface area contributed by atoms with Crippen LogP contribution < -0.4 is 0 Å². The van der Waals surface area contributed by atoms with E-state index >= 15 is 0 Å². The molecule has 9 nitrogen and oxygen atoms in total. The van der Waals surface area contributed by atoms with Crippen LogP contribution in [-0.4, -0.2) is 93.6 Å². The molecule has 0 atom stereocenters. The number of esters is 3. The minimum absolute atomic E-state index is 0.241. The number of carbonyl (C=O) groups excluding carboxylic acids is 4. The summed E-state index contributed by atoms with van der Waals surface area (Å²) in [5.41, 5.74) is 0. The van der Waals surface area contributed by atoms with E-state index in [0.717, 1.165) is 50.5 Å². The van der Waals surface area contributed by atoms with E-state index in [-0.39, 0.29) is 13.2 Å². The maximum atomic E-state index is 11.4. The molecule has 1 heterocycles. The molecule has 0 unspecified atom stereocenters. The smallest absolute Gasteiger partial charge is 0.331 e. The predicted octanol–water partition coefficient (Wildman–Crippen LogP) is -0.825. The molecule has 0 bridgehead atoms. The molecule has 1 aliphatic heterocycles. The van der Waals surface area contributed by atoms with Crippen molar-refractivity contribution in [2.75, 3.05) is 59.6 Å². The summed E-state index contributed by atoms with van der Waals surface area (Å²) in [5.74, 6) is -1.72. The first-order valence-corrected chi connectivity index (χ1v) is 8.21. The first-order chi connectivity index (χ1) is 12.5. The number of carbonyl (C=O) groups is 4. The average molecular weight is 368 g/mol. The van der Waals surface area contributed by atoms with Crippen molar-refractivity contribution < 1.29 is 33.4 Å². The maximum Gasteiger partial charge on any atom is 0.331 e. The monoisotopic (exact) mass is 368 g/mol. The Morgan fingerprint density at radius 1 is 0.808 bits per heavy atom. The number of ether oxygens (including phenoxy) is 3. The van der Waals surface area contributed by atoms with Crippen molar-refractivity contribution in [3.63, 3.8) is 0 Å². The van der Waals surface area contributed by atoms with Gasteiger partial charge in [-0.1, -0.05) is 0 Å². The highest BCUT2D eigenvalue weighted by molar-refractivity contribution is 5.91. The standard InChI is InChI=1S/C17H24N2O7/c1-24-15(21)4-5-17(23)26-14-11-19-8-6-18(7-9-19)10-13-25-16(22)3-2-12-20/h2-5,12H,6-11,13-14H2,1H3/b3-2+,5-4+. The van der Waals surface area contributed by atoms with Crippen LogP contribution in [0.25, 0.3) is 0 Å². The number of allylic oxidation sites excluding steroid dienone is 1. The molecule has 0 aromatic rings. The van der Waals surface area contributed by atoms with Crippen molar-refractivity contribution >= 4 is 24.2 Å². The third kappa shape index (κ3) is 9.70. The first kappa shape index (κ1) is 21.5. The summed E-state index contributed by atoms with van der Waals surface area (Å²) in [6, 6.07) is 0. The van der Waals surface area contributed by atoms with E-state index < -0.39 is 17.9 Å². The van der Waals surface area contributed by atoms with E-state index in [1.807, 2.05) is 0 Å². The third-order valence-corrected chi connectivity index (χ3v) is 3.64. The molecule has 0 spiro atoms. The van der Waals surface area contributed by atoms with Crippen molar-refractivity contribution in [1.29, 1.82) is 0 Å². The van der Waals surface area contributed by atoms with Gasteiger partial charge in [0.05, 0.1) is 7.11 Å². The second kappa shape index (κ2) is 12.8. The Morgan fingerprint density at radius 2 is 1.27 bits per heavy atom. The zero-order valence-electron chi connectivity index (χ0n) is 14.8. The molecule has 0 aromatic carbocycles. The summed E-state index contributed by atoms with van der Waals surface area (Å²) in [6.45, 7) is 5.01. The normalized spacial score (nSPS) is 15.9. The van der Waals surface area contributed by atoms with Crippen LogP contribution in [0, 0.1) is 0 Å². The molecular weight excluding hydrogens is 344 g/mol. The average Bonchev–Trinajstić information content (AvgIpc) is 2.65. The molecule has 1 fully saturated rings. The quantitative estimate of drug-likeness (QED) is 0.212. The van der Waals surface area contributed by atoms with E-state index in [0.29, 0.717) is 19.4 Å². The summed E-state index contributed by atoms with van der Waals surface area (Å²) >= 11 is 0. The number of nitrogens with zero attached hydrogens (tertiary/aromatic N) is 2. The lowest BCUT2D eigenvalue weighted by Crippen LogP contribution is -2.48. The molecule has 0 radical (unpaired) electrons. The highest BCUT2D eigenvalue weighted by Gasteiger charge is 2.16. The Bertz CT molecular complexity index is 537. The summed E-state index contributed by atoms with van der Waals surface area (Å²) < 4.78 is 14.4. The maximum absolute atomic E-state index is 11.4. The van der Waals surface area contributed by atoms with Gasteiger partial charge in [-0.3, -0.25) is 14.6 Å². The Hall–Kier alpha value is -2.52. The highest BCUT2D eigenvalue weighted by Crippen LogP contribution is 2.01. The van der Waals surface area contributed by atoms with Gasteiger partial charge in [0, 0.05) is 57.5 Å². The van der Waals surface area contributed by atoms with Gasteiger partial charge in [-0.2, -0.15) is 0 Å². The number of piperazine rings is 1. The van der Waals surface area contributed by atoms with Gasteiger partial charge in [0.15, 0.2) is 0 Å². The molecule has 0 aliphatic carbocycles. The van der Waals surface area contributed by atoms with Crippen LogP contribution >= 0.6 is 0 Å². The van der Waals surface area contributed by atoms with Crippen LogP contribution in [0.15, 0.2) is 24.3 Å². The van der Waals surface area contributed by atoms with Crippen molar-refractivity contribution in [2.24, 2.45) is 0 Å². The van der Waals surface area contributed by atoms with E-state index in [1.165, 1.54) is 7.11 Å². The Balaban J connectivity index is 2.11. The van der Waals surface area contributed by atoms with E-state index in [9.17, 15) is 19.2 Å². The summed E-state index contributed by atoms with van der Waals surface area (Å²) in [5, 5.41) is 0. The topological polar surface area (TPSA) is 102 Å². The summed E-state index contributed by atoms with van der Waals surface area (Å²) in [6.07, 6.45) is 4.76. The second-order valence-corrected chi connectivity index (χ2v) is 5.37. The van der Waals surface area contributed by atoms with E-state index in [2.05, 4.69) is 14.5 Å². The van der Waals surface area contributed by atoms with Gasteiger partial charge >= 0.3 is 17.9 Å². The molecule has 0 N–H and O–H groups in total. The Kier molecular flexibility index (Phi) is 10.6. The van der Waals surface area contributed by atoms with E-state index in [4.69, 9.17) is 9.47 Å². The van der Waals surface area contributed by atoms with Gasteiger partial charge in [-0.25, -0.2) is 14.4 Å². The minimum atomic E-state index is -0.608. The Labute approximate surface area is 152 Å². The predicted molar refractivity (Wildman–Crippen MR) is 91.2 cm³/mol. The van der Waals surface area contributed by atoms with Crippen LogP contribution in [-0.2, 0) is 33.4 Å². The zero-order chi connectivity index (χ0) is 19.2. The summed E-state index contributed by atoms with van der Waals surface area (Å²) in [7, 11) is 1.23. The van der Waals surface area contributed by atoms with Crippen LogP contribution in [0.3, 0.4) is 0 Å². The largest absolute Gasteiger partial charge is 0.466 e. The number of methoxy groups -OCH3 is 1. The van der Waals surface area contributed by atoms with Crippen molar-refractivity contribution in [3.8, 4) is 0 Å². The van der Waals surface area contributed by atoms with Gasteiger partial charge in [-0.05, 0) is 6.08 Å². The van der Waals surface area contributed by atoms with Crippen molar-refractivity contribution in [1.82, 2.24) is 9.80 Å². The molecule has 1 aliphatic rings. The van der Waals surface area contributed by atoms with Crippen LogP contribution in [0.4, 0.5) is 0 Å². The molecule has 26 heavy (non-hydrogen) atoms. The van der Waals surface area contributed by atoms with Crippen molar-refractivity contribution in [2.45, 2.75) is 0 Å². The lowest BCUT2D eigenvalue weighted by Gasteiger charge is -2.34. The molecule has 144 valence electrons. The molecule has 0 saturated carbocycles. The van der Waals surface area contributed by atoms with Crippen molar-refractivity contribution in [3.05, 3.63) is 24.3 Å². The second-order valence-electron chi connectivity index (χ2n) is 5.37. The van der Waals surface area contributed by atoms with Gasteiger partial charge < -0.3 is 14.2 Å². The first-order valence-electron chi connectivity index (χ1n) is 8.21. The zero-order valence-corrected chi connectivity index (χ0v) is 14.8. The lowest BCUT2D eigenvalue weighted by molar-refractivity contribution is -0.140. The van der Waals surface area contributed by atoms with Gasteiger partial charge in [0.1, 0.15) is 19.5 Å². The number of rotatable bonds is 10. The fraction of sp³-hybridized carbons (Fsp3) is 0.529. The van der Waals surface area contributed by atoms with Gasteiger partial charge in [-0.15, -0.1) is 0 Å². The molecule has 1 rings (SSSR count). The van der Waals surface area contributed by atoms with E-state index in [1.54, 1.807) is 0 Å². The fourth-order valence-electron chi connectivity index (χ4n) is 2.21. The van der Waals surface area contributed by atoms with Crippen LogP contribution in [0.1, 0.15) is 0 Å². The molecule has 0 amide bonds. The SMILES string of the molecule is COC(=O)/C=C/C(=O)OCCN1CCN(CCOC(=O)/C=C/C=O)CC1. The summed E-state index contributed by atoms with van der Waals surface area (Å²) in [4.78, 5) is 47.9. The highest BCUT2D eigenvalue weighted by atomic mass is 16.5. The molecule has 1 saturated heterocycles. The molecular formula is C17H24N2O7. The third-order valence-electron chi connectivity index (χ3n) is 3.64. The number of hydrogen-bond donors (Lipinski definition) is 0. The molecule has 9 heteroatoms.